The van der Waals surface area contributed by atoms with Gasteiger partial charge in [-0.3, -0.25) is 0 Å². The first-order valence-corrected chi connectivity index (χ1v) is 9.12. The highest BCUT2D eigenvalue weighted by Gasteiger charge is 2.18. The van der Waals surface area contributed by atoms with E-state index in [1.807, 2.05) is 0 Å². The Morgan fingerprint density at radius 2 is 1.95 bits per heavy atom. The smallest absolute Gasteiger partial charge is 0.240 e. The number of hydrogen-bond acceptors (Lipinski definition) is 3. The molecule has 0 fully saturated rings. The van der Waals surface area contributed by atoms with Crippen molar-refractivity contribution >= 4 is 21.6 Å². The van der Waals surface area contributed by atoms with E-state index in [1.165, 1.54) is 6.07 Å². The van der Waals surface area contributed by atoms with Crippen molar-refractivity contribution in [3.05, 3.63) is 28.3 Å². The molecule has 0 unspecified atom stereocenters. The van der Waals surface area contributed by atoms with Gasteiger partial charge in [0, 0.05) is 18.1 Å². The fourth-order valence-electron chi connectivity index (χ4n) is 2.16. The number of rotatable bonds is 8. The molecule has 0 bridgehead atoms. The number of halogens is 1. The number of nitrogens with one attached hydrogen (secondary N) is 1. The molecule has 3 N–H and O–H groups in total. The lowest BCUT2D eigenvalue weighted by atomic mass is 10.1. The lowest BCUT2D eigenvalue weighted by Gasteiger charge is -2.13. The standard InChI is InChI=1S/C15H25ClN2O2S/c1-11(2)6-4-5-7-18-21(19,20)15-9-14(16)8-13(10-17)12(15)3/h8-9,11,18H,4-7,10,17H2,1-3H3. The van der Waals surface area contributed by atoms with Crippen LogP contribution in [0.15, 0.2) is 17.0 Å². The fourth-order valence-corrected chi connectivity index (χ4v) is 3.85. The molecule has 0 radical (unpaired) electrons. The highest BCUT2D eigenvalue weighted by atomic mass is 35.5. The maximum Gasteiger partial charge on any atom is 0.240 e. The van der Waals surface area contributed by atoms with Crippen LogP contribution in [0.25, 0.3) is 0 Å². The summed E-state index contributed by atoms with van der Waals surface area (Å²) >= 11 is 5.98. The van der Waals surface area contributed by atoms with Crippen molar-refractivity contribution < 1.29 is 8.42 Å². The third-order valence-corrected chi connectivity index (χ3v) is 5.25. The summed E-state index contributed by atoms with van der Waals surface area (Å²) in [5, 5.41) is 0.390. The molecule has 0 aliphatic heterocycles. The third kappa shape index (κ3) is 5.58. The van der Waals surface area contributed by atoms with Crippen LogP contribution in [0.2, 0.25) is 5.02 Å². The van der Waals surface area contributed by atoms with Gasteiger partial charge in [0.25, 0.3) is 0 Å². The van der Waals surface area contributed by atoms with Crippen LogP contribution in [0.3, 0.4) is 0 Å². The molecule has 0 amide bonds. The van der Waals surface area contributed by atoms with E-state index >= 15 is 0 Å². The molecule has 0 saturated carbocycles. The van der Waals surface area contributed by atoms with Gasteiger partial charge in [-0.1, -0.05) is 38.3 Å². The predicted molar refractivity (Wildman–Crippen MR) is 88.0 cm³/mol. The van der Waals surface area contributed by atoms with Crippen molar-refractivity contribution in [2.45, 2.75) is 51.5 Å². The molecule has 0 heterocycles. The minimum atomic E-state index is -3.54. The fraction of sp³-hybridized carbons (Fsp3) is 0.600. The molecule has 0 aliphatic carbocycles. The topological polar surface area (TPSA) is 72.2 Å². The van der Waals surface area contributed by atoms with Crippen molar-refractivity contribution in [2.75, 3.05) is 6.54 Å². The minimum Gasteiger partial charge on any atom is -0.326 e. The Bertz CT molecular complexity index is 571. The second-order valence-electron chi connectivity index (χ2n) is 5.68. The summed E-state index contributed by atoms with van der Waals surface area (Å²) in [4.78, 5) is 0.222. The molecule has 1 aromatic rings. The van der Waals surface area contributed by atoms with Crippen LogP contribution in [0.1, 0.15) is 44.2 Å². The SMILES string of the molecule is Cc1c(CN)cc(Cl)cc1S(=O)(=O)NCCCCC(C)C. The van der Waals surface area contributed by atoms with E-state index in [2.05, 4.69) is 18.6 Å². The highest BCUT2D eigenvalue weighted by Crippen LogP contribution is 2.24. The first kappa shape index (κ1) is 18.4. The van der Waals surface area contributed by atoms with Gasteiger partial charge in [0.2, 0.25) is 10.0 Å². The van der Waals surface area contributed by atoms with Gasteiger partial charge in [0.1, 0.15) is 0 Å². The first-order chi connectivity index (χ1) is 9.77. The quantitative estimate of drug-likeness (QED) is 0.718. The average molecular weight is 333 g/mol. The number of benzene rings is 1. The van der Waals surface area contributed by atoms with Crippen LogP contribution in [0.4, 0.5) is 0 Å². The molecule has 4 nitrogen and oxygen atoms in total. The highest BCUT2D eigenvalue weighted by molar-refractivity contribution is 7.89. The maximum absolute atomic E-state index is 12.4. The number of sulfonamides is 1. The maximum atomic E-state index is 12.4. The van der Waals surface area contributed by atoms with Crippen molar-refractivity contribution in [3.8, 4) is 0 Å². The van der Waals surface area contributed by atoms with Gasteiger partial charge in [-0.15, -0.1) is 0 Å². The second-order valence-corrected chi connectivity index (χ2v) is 7.85. The van der Waals surface area contributed by atoms with E-state index in [-0.39, 0.29) is 11.4 Å². The summed E-state index contributed by atoms with van der Waals surface area (Å²) in [5.41, 5.74) is 7.04. The molecule has 1 aromatic carbocycles. The summed E-state index contributed by atoms with van der Waals surface area (Å²) in [7, 11) is -3.54. The molecule has 120 valence electrons. The van der Waals surface area contributed by atoms with E-state index in [9.17, 15) is 8.42 Å². The predicted octanol–water partition coefficient (Wildman–Crippen LogP) is 3.21. The van der Waals surface area contributed by atoms with Crippen molar-refractivity contribution in [3.63, 3.8) is 0 Å². The molecule has 0 aromatic heterocycles. The Hall–Kier alpha value is -0.620. The van der Waals surface area contributed by atoms with Crippen molar-refractivity contribution in [2.24, 2.45) is 11.7 Å². The molecule has 0 spiro atoms. The van der Waals surface area contributed by atoms with Crippen molar-refractivity contribution in [1.82, 2.24) is 4.72 Å². The third-order valence-electron chi connectivity index (χ3n) is 3.44. The van der Waals surface area contributed by atoms with Gasteiger partial charge in [-0.2, -0.15) is 0 Å². The van der Waals surface area contributed by atoms with Crippen LogP contribution < -0.4 is 10.5 Å². The number of nitrogens with two attached hydrogens (primary N) is 1. The van der Waals surface area contributed by atoms with E-state index < -0.39 is 10.0 Å². The van der Waals surface area contributed by atoms with Crippen LogP contribution in [-0.2, 0) is 16.6 Å². The van der Waals surface area contributed by atoms with E-state index in [0.29, 0.717) is 23.0 Å². The lowest BCUT2D eigenvalue weighted by molar-refractivity contribution is 0.530. The molecule has 0 atom stereocenters. The van der Waals surface area contributed by atoms with Crippen molar-refractivity contribution in [1.29, 1.82) is 0 Å². The van der Waals surface area contributed by atoms with Crippen LogP contribution in [0.5, 0.6) is 0 Å². The van der Waals surface area contributed by atoms with Gasteiger partial charge < -0.3 is 5.73 Å². The largest absolute Gasteiger partial charge is 0.326 e. The van der Waals surface area contributed by atoms with Gasteiger partial charge in [-0.05, 0) is 42.5 Å². The lowest BCUT2D eigenvalue weighted by Crippen LogP contribution is -2.26. The Kier molecular flexibility index (Phi) is 7.13. The number of hydrogen-bond donors (Lipinski definition) is 2. The molecule has 21 heavy (non-hydrogen) atoms. The van der Waals surface area contributed by atoms with Crippen LogP contribution in [0, 0.1) is 12.8 Å². The van der Waals surface area contributed by atoms with E-state index in [4.69, 9.17) is 17.3 Å². The Morgan fingerprint density at radius 3 is 2.52 bits per heavy atom. The first-order valence-electron chi connectivity index (χ1n) is 7.26. The summed E-state index contributed by atoms with van der Waals surface area (Å²) < 4.78 is 27.4. The molecule has 1 rings (SSSR count). The second kappa shape index (κ2) is 8.13. The number of unbranched alkanes of at least 4 members (excludes halogenated alkanes) is 1. The minimum absolute atomic E-state index is 0.222. The zero-order valence-electron chi connectivity index (χ0n) is 12.9. The zero-order valence-corrected chi connectivity index (χ0v) is 14.5. The van der Waals surface area contributed by atoms with Gasteiger partial charge in [0.05, 0.1) is 4.90 Å². The summed E-state index contributed by atoms with van der Waals surface area (Å²) in [6, 6.07) is 3.19. The van der Waals surface area contributed by atoms with Gasteiger partial charge >= 0.3 is 0 Å². The molecular weight excluding hydrogens is 308 g/mol. The molecular formula is C15H25ClN2O2S. The normalized spacial score (nSPS) is 12.1. The monoisotopic (exact) mass is 332 g/mol. The molecule has 0 aliphatic rings. The Balaban J connectivity index is 2.77. The van der Waals surface area contributed by atoms with Gasteiger partial charge in [0.15, 0.2) is 0 Å². The summed E-state index contributed by atoms with van der Waals surface area (Å²) in [6.45, 7) is 6.79. The van der Waals surface area contributed by atoms with Crippen LogP contribution in [-0.4, -0.2) is 15.0 Å². The summed E-state index contributed by atoms with van der Waals surface area (Å²) in [5.74, 6) is 0.642. The molecule has 0 saturated heterocycles. The average Bonchev–Trinajstić information content (AvgIpc) is 2.40. The van der Waals surface area contributed by atoms with E-state index in [1.54, 1.807) is 13.0 Å². The Labute approximate surface area is 133 Å². The van der Waals surface area contributed by atoms with Crippen LogP contribution >= 0.6 is 11.6 Å². The molecule has 6 heteroatoms. The Morgan fingerprint density at radius 1 is 1.29 bits per heavy atom. The van der Waals surface area contributed by atoms with Gasteiger partial charge in [-0.25, -0.2) is 13.1 Å². The zero-order chi connectivity index (χ0) is 16.0. The summed E-state index contributed by atoms with van der Waals surface area (Å²) in [6.07, 6.45) is 2.96. The van der Waals surface area contributed by atoms with E-state index in [0.717, 1.165) is 24.8 Å².